The van der Waals surface area contributed by atoms with E-state index in [1.165, 1.54) is 0 Å². The van der Waals surface area contributed by atoms with Crippen LogP contribution in [0.3, 0.4) is 0 Å². The van der Waals surface area contributed by atoms with Crippen molar-refractivity contribution in [3.05, 3.63) is 41.2 Å². The van der Waals surface area contributed by atoms with Gasteiger partial charge in [-0.2, -0.15) is 0 Å². The normalized spacial score (nSPS) is 12.7. The first kappa shape index (κ1) is 11.2. The second kappa shape index (κ2) is 4.68. The lowest BCUT2D eigenvalue weighted by Crippen LogP contribution is -2.17. The summed E-state index contributed by atoms with van der Waals surface area (Å²) < 4.78 is 5.59. The molecule has 0 radical (unpaired) electrons. The molecule has 0 aliphatic carbocycles. The molecule has 2 rings (SSSR count). The highest BCUT2D eigenvalue weighted by atomic mass is 35.5. The number of rotatable bonds is 3. The fourth-order valence-electron chi connectivity index (χ4n) is 1.47. The van der Waals surface area contributed by atoms with Crippen molar-refractivity contribution < 1.29 is 4.42 Å². The number of benzene rings is 1. The minimum Gasteiger partial charge on any atom is -0.441 e. The fourth-order valence-corrected chi connectivity index (χ4v) is 1.66. The molecular formula is C12H13ClN2O. The van der Waals surface area contributed by atoms with E-state index in [0.717, 1.165) is 11.3 Å². The second-order valence-electron chi connectivity index (χ2n) is 3.82. The van der Waals surface area contributed by atoms with Crippen molar-refractivity contribution >= 4 is 11.6 Å². The van der Waals surface area contributed by atoms with Gasteiger partial charge in [-0.15, -0.1) is 0 Å². The Bertz CT molecular complexity index is 479. The van der Waals surface area contributed by atoms with Gasteiger partial charge in [0.15, 0.2) is 0 Å². The summed E-state index contributed by atoms with van der Waals surface area (Å²) in [7, 11) is 0. The van der Waals surface area contributed by atoms with E-state index in [4.69, 9.17) is 21.8 Å². The molecule has 2 N–H and O–H groups in total. The molecule has 0 saturated heterocycles. The fraction of sp³-hybridized carbons (Fsp3) is 0.250. The number of nitrogens with zero attached hydrogens (tertiary/aromatic N) is 1. The van der Waals surface area contributed by atoms with Crippen molar-refractivity contribution in [2.75, 3.05) is 0 Å². The van der Waals surface area contributed by atoms with Crippen molar-refractivity contribution in [3.63, 3.8) is 0 Å². The molecule has 0 fully saturated rings. The summed E-state index contributed by atoms with van der Waals surface area (Å²) in [6.45, 7) is 1.93. The standard InChI is InChI=1S/C12H13ClN2O/c1-8(14)5-11-7-15-12(16-11)9-3-2-4-10(13)6-9/h2-4,6-8H,5,14H2,1H3. The van der Waals surface area contributed by atoms with Crippen LogP contribution >= 0.6 is 11.6 Å². The van der Waals surface area contributed by atoms with Crippen LogP contribution < -0.4 is 5.73 Å². The summed E-state index contributed by atoms with van der Waals surface area (Å²) in [5.41, 5.74) is 6.57. The monoisotopic (exact) mass is 236 g/mol. The molecule has 16 heavy (non-hydrogen) atoms. The topological polar surface area (TPSA) is 52.0 Å². The van der Waals surface area contributed by atoms with E-state index in [9.17, 15) is 0 Å². The maximum absolute atomic E-state index is 5.90. The Balaban J connectivity index is 2.24. The SMILES string of the molecule is CC(N)Cc1cnc(-c2cccc(Cl)c2)o1. The van der Waals surface area contributed by atoms with Crippen molar-refractivity contribution in [1.82, 2.24) is 4.98 Å². The molecule has 0 bridgehead atoms. The van der Waals surface area contributed by atoms with E-state index < -0.39 is 0 Å². The van der Waals surface area contributed by atoms with E-state index in [0.29, 0.717) is 17.3 Å². The van der Waals surface area contributed by atoms with Crippen LogP contribution in [0.15, 0.2) is 34.9 Å². The number of hydrogen-bond acceptors (Lipinski definition) is 3. The first-order valence-corrected chi connectivity index (χ1v) is 5.49. The van der Waals surface area contributed by atoms with Crippen molar-refractivity contribution in [1.29, 1.82) is 0 Å². The maximum atomic E-state index is 5.90. The molecule has 1 aromatic carbocycles. The summed E-state index contributed by atoms with van der Waals surface area (Å²) in [4.78, 5) is 4.20. The number of hydrogen-bond donors (Lipinski definition) is 1. The van der Waals surface area contributed by atoms with Gasteiger partial charge in [-0.05, 0) is 25.1 Å². The Labute approximate surface area is 99.2 Å². The predicted octanol–water partition coefficient (Wildman–Crippen LogP) is 2.88. The van der Waals surface area contributed by atoms with Gasteiger partial charge in [-0.1, -0.05) is 17.7 Å². The molecule has 0 amide bonds. The van der Waals surface area contributed by atoms with Gasteiger partial charge in [-0.25, -0.2) is 4.98 Å². The summed E-state index contributed by atoms with van der Waals surface area (Å²) in [6.07, 6.45) is 2.40. The van der Waals surface area contributed by atoms with E-state index in [-0.39, 0.29) is 6.04 Å². The van der Waals surface area contributed by atoms with Gasteiger partial charge in [0.2, 0.25) is 5.89 Å². The van der Waals surface area contributed by atoms with Crippen molar-refractivity contribution in [2.24, 2.45) is 5.73 Å². The lowest BCUT2D eigenvalue weighted by Gasteiger charge is -1.99. The molecule has 0 aliphatic heterocycles. The van der Waals surface area contributed by atoms with Gasteiger partial charge in [0, 0.05) is 23.0 Å². The molecule has 3 nitrogen and oxygen atoms in total. The van der Waals surface area contributed by atoms with E-state index in [1.807, 2.05) is 31.2 Å². The van der Waals surface area contributed by atoms with Crippen LogP contribution in [-0.4, -0.2) is 11.0 Å². The molecule has 0 aliphatic rings. The van der Waals surface area contributed by atoms with E-state index in [2.05, 4.69) is 4.98 Å². The number of aromatic nitrogens is 1. The quantitative estimate of drug-likeness (QED) is 0.892. The van der Waals surface area contributed by atoms with Crippen LogP contribution in [0.5, 0.6) is 0 Å². The number of oxazole rings is 1. The minimum absolute atomic E-state index is 0.0696. The van der Waals surface area contributed by atoms with Crippen LogP contribution in [0.2, 0.25) is 5.02 Å². The van der Waals surface area contributed by atoms with Crippen LogP contribution in [-0.2, 0) is 6.42 Å². The maximum Gasteiger partial charge on any atom is 0.226 e. The van der Waals surface area contributed by atoms with Gasteiger partial charge in [-0.3, -0.25) is 0 Å². The molecule has 0 spiro atoms. The smallest absolute Gasteiger partial charge is 0.226 e. The molecule has 84 valence electrons. The van der Waals surface area contributed by atoms with Gasteiger partial charge in [0.1, 0.15) is 5.76 Å². The lowest BCUT2D eigenvalue weighted by atomic mass is 10.2. The van der Waals surface area contributed by atoms with Crippen LogP contribution in [0.25, 0.3) is 11.5 Å². The molecule has 4 heteroatoms. The summed E-state index contributed by atoms with van der Waals surface area (Å²) in [5, 5.41) is 0.671. The summed E-state index contributed by atoms with van der Waals surface area (Å²) in [6, 6.07) is 7.49. The molecule has 0 saturated carbocycles. The molecule has 1 aromatic heterocycles. The summed E-state index contributed by atoms with van der Waals surface area (Å²) in [5.74, 6) is 1.38. The van der Waals surface area contributed by atoms with Crippen LogP contribution in [0.4, 0.5) is 0 Å². The Morgan fingerprint density at radius 1 is 1.50 bits per heavy atom. The largest absolute Gasteiger partial charge is 0.441 e. The second-order valence-corrected chi connectivity index (χ2v) is 4.26. The van der Waals surface area contributed by atoms with Crippen molar-refractivity contribution in [3.8, 4) is 11.5 Å². The third kappa shape index (κ3) is 2.62. The third-order valence-corrected chi connectivity index (χ3v) is 2.38. The van der Waals surface area contributed by atoms with Gasteiger partial charge in [0.25, 0.3) is 0 Å². The zero-order valence-electron chi connectivity index (χ0n) is 8.98. The average Bonchev–Trinajstić information content (AvgIpc) is 2.65. The van der Waals surface area contributed by atoms with Gasteiger partial charge >= 0.3 is 0 Å². The molecule has 1 heterocycles. The van der Waals surface area contributed by atoms with E-state index in [1.54, 1.807) is 6.20 Å². The zero-order chi connectivity index (χ0) is 11.5. The first-order valence-electron chi connectivity index (χ1n) is 5.11. The predicted molar refractivity (Wildman–Crippen MR) is 64.3 cm³/mol. The Morgan fingerprint density at radius 3 is 3.00 bits per heavy atom. The van der Waals surface area contributed by atoms with Crippen LogP contribution in [0, 0.1) is 0 Å². The Kier molecular flexibility index (Phi) is 3.27. The lowest BCUT2D eigenvalue weighted by molar-refractivity contribution is 0.500. The highest BCUT2D eigenvalue weighted by Gasteiger charge is 2.08. The Morgan fingerprint density at radius 2 is 2.31 bits per heavy atom. The van der Waals surface area contributed by atoms with Gasteiger partial charge in [0.05, 0.1) is 6.20 Å². The zero-order valence-corrected chi connectivity index (χ0v) is 9.74. The van der Waals surface area contributed by atoms with Gasteiger partial charge < -0.3 is 10.2 Å². The minimum atomic E-state index is 0.0696. The highest BCUT2D eigenvalue weighted by Crippen LogP contribution is 2.22. The molecule has 2 aromatic rings. The third-order valence-electron chi connectivity index (χ3n) is 2.15. The molecule has 1 atom stereocenters. The van der Waals surface area contributed by atoms with Crippen LogP contribution in [0.1, 0.15) is 12.7 Å². The molecular weight excluding hydrogens is 224 g/mol. The highest BCUT2D eigenvalue weighted by molar-refractivity contribution is 6.30. The summed E-state index contributed by atoms with van der Waals surface area (Å²) >= 11 is 5.90. The Hall–Kier alpha value is -1.32. The van der Waals surface area contributed by atoms with Crippen molar-refractivity contribution in [2.45, 2.75) is 19.4 Å². The first-order chi connectivity index (χ1) is 7.65. The number of halogens is 1. The van der Waals surface area contributed by atoms with E-state index >= 15 is 0 Å². The average molecular weight is 237 g/mol. The number of nitrogens with two attached hydrogens (primary N) is 1. The molecule has 1 unspecified atom stereocenters.